The Kier molecular flexibility index (Phi) is 5.88. The van der Waals surface area contributed by atoms with Crippen molar-refractivity contribution in [1.82, 2.24) is 4.90 Å². The highest BCUT2D eigenvalue weighted by Crippen LogP contribution is 2.16. The average Bonchev–Trinajstić information content (AvgIpc) is 2.53. The van der Waals surface area contributed by atoms with E-state index in [9.17, 15) is 0 Å². The highest BCUT2D eigenvalue weighted by molar-refractivity contribution is 5.49. The summed E-state index contributed by atoms with van der Waals surface area (Å²) in [5.41, 5.74) is 1.96. The summed E-state index contributed by atoms with van der Waals surface area (Å²) in [5.74, 6) is 0. The minimum atomic E-state index is 0.734. The molecule has 0 aliphatic carbocycles. The Morgan fingerprint density at radius 1 is 1.15 bits per heavy atom. The maximum Gasteiger partial charge on any atom is 0.0991 e. The van der Waals surface area contributed by atoms with Crippen molar-refractivity contribution in [2.45, 2.75) is 32.6 Å². The molecular formula is C17H25N3. The number of nitriles is 1. The highest BCUT2D eigenvalue weighted by atomic mass is 15.1. The summed E-state index contributed by atoms with van der Waals surface area (Å²) in [5, 5.41) is 8.84. The van der Waals surface area contributed by atoms with Crippen LogP contribution in [0.4, 0.5) is 5.69 Å². The fourth-order valence-corrected chi connectivity index (χ4v) is 2.88. The van der Waals surface area contributed by atoms with E-state index in [1.165, 1.54) is 51.0 Å². The number of benzene rings is 1. The van der Waals surface area contributed by atoms with Crippen molar-refractivity contribution in [3.8, 4) is 6.07 Å². The van der Waals surface area contributed by atoms with E-state index in [0.29, 0.717) is 0 Å². The predicted octanol–water partition coefficient (Wildman–Crippen LogP) is 3.26. The summed E-state index contributed by atoms with van der Waals surface area (Å²) in [4.78, 5) is 4.99. The van der Waals surface area contributed by atoms with Gasteiger partial charge in [0.15, 0.2) is 0 Å². The van der Waals surface area contributed by atoms with Crippen LogP contribution >= 0.6 is 0 Å². The van der Waals surface area contributed by atoms with Crippen LogP contribution in [0.1, 0.15) is 38.2 Å². The molecule has 1 aliphatic heterocycles. The van der Waals surface area contributed by atoms with Gasteiger partial charge in [0.2, 0.25) is 0 Å². The summed E-state index contributed by atoms with van der Waals surface area (Å²) in [6.07, 6.45) is 5.36. The normalized spacial score (nSPS) is 15.8. The topological polar surface area (TPSA) is 30.3 Å². The van der Waals surface area contributed by atoms with Crippen molar-refractivity contribution >= 4 is 5.69 Å². The lowest BCUT2D eigenvalue weighted by atomic mass is 10.1. The predicted molar refractivity (Wildman–Crippen MR) is 84.0 cm³/mol. The molecule has 1 heterocycles. The van der Waals surface area contributed by atoms with Crippen molar-refractivity contribution < 1.29 is 0 Å². The molecule has 1 aliphatic rings. The molecule has 1 saturated heterocycles. The number of hydrogen-bond acceptors (Lipinski definition) is 3. The van der Waals surface area contributed by atoms with E-state index in [-0.39, 0.29) is 0 Å². The van der Waals surface area contributed by atoms with Crippen LogP contribution in [-0.2, 0) is 0 Å². The third-order valence-corrected chi connectivity index (χ3v) is 4.09. The first-order valence-corrected chi connectivity index (χ1v) is 7.81. The zero-order chi connectivity index (χ0) is 14.2. The van der Waals surface area contributed by atoms with Gasteiger partial charge < -0.3 is 9.80 Å². The number of nitrogens with zero attached hydrogens (tertiary/aromatic N) is 3. The molecule has 1 fully saturated rings. The maximum atomic E-state index is 8.84. The Labute approximate surface area is 122 Å². The Balaban J connectivity index is 1.80. The molecule has 3 heteroatoms. The van der Waals surface area contributed by atoms with Crippen molar-refractivity contribution in [1.29, 1.82) is 5.26 Å². The third kappa shape index (κ3) is 4.25. The molecule has 0 atom stereocenters. The van der Waals surface area contributed by atoms with Gasteiger partial charge in [0.05, 0.1) is 11.6 Å². The molecule has 20 heavy (non-hydrogen) atoms. The van der Waals surface area contributed by atoms with Gasteiger partial charge in [-0.15, -0.1) is 0 Å². The quantitative estimate of drug-likeness (QED) is 0.795. The molecule has 108 valence electrons. The van der Waals surface area contributed by atoms with Crippen molar-refractivity contribution in [2.24, 2.45) is 0 Å². The zero-order valence-electron chi connectivity index (χ0n) is 12.5. The van der Waals surface area contributed by atoms with Crippen LogP contribution < -0.4 is 4.90 Å². The lowest BCUT2D eigenvalue weighted by molar-refractivity contribution is 0.227. The summed E-state index contributed by atoms with van der Waals surface area (Å²) in [6.45, 7) is 8.09. The van der Waals surface area contributed by atoms with Crippen LogP contribution in [0, 0.1) is 11.3 Å². The Morgan fingerprint density at radius 3 is 2.45 bits per heavy atom. The number of anilines is 1. The standard InChI is InChI=1S/C17H25N3/c1-2-20(17-9-7-16(15-18)8-10-17)14-6-13-19-11-4-3-5-12-19/h7-10H,2-6,11-14H2,1H3. The first-order chi connectivity index (χ1) is 9.83. The van der Waals surface area contributed by atoms with Gasteiger partial charge in [-0.05, 0) is 70.1 Å². The average molecular weight is 271 g/mol. The highest BCUT2D eigenvalue weighted by Gasteiger charge is 2.10. The minimum Gasteiger partial charge on any atom is -0.372 e. The van der Waals surface area contributed by atoms with Crippen LogP contribution in [0.3, 0.4) is 0 Å². The van der Waals surface area contributed by atoms with Gasteiger partial charge in [-0.1, -0.05) is 6.42 Å². The second-order valence-corrected chi connectivity index (χ2v) is 5.49. The molecule has 0 radical (unpaired) electrons. The first kappa shape index (κ1) is 14.9. The summed E-state index contributed by atoms with van der Waals surface area (Å²) in [7, 11) is 0. The zero-order valence-corrected chi connectivity index (χ0v) is 12.5. The van der Waals surface area contributed by atoms with E-state index in [2.05, 4.69) is 34.9 Å². The number of hydrogen-bond donors (Lipinski definition) is 0. The Morgan fingerprint density at radius 2 is 1.85 bits per heavy atom. The fourth-order valence-electron chi connectivity index (χ4n) is 2.88. The fraction of sp³-hybridized carbons (Fsp3) is 0.588. The number of rotatable bonds is 6. The molecule has 0 bridgehead atoms. The van der Waals surface area contributed by atoms with Crippen LogP contribution in [0.5, 0.6) is 0 Å². The van der Waals surface area contributed by atoms with E-state index < -0.39 is 0 Å². The van der Waals surface area contributed by atoms with E-state index in [0.717, 1.165) is 18.7 Å². The minimum absolute atomic E-state index is 0.734. The Bertz CT molecular complexity index is 427. The van der Waals surface area contributed by atoms with Crippen LogP contribution in [-0.4, -0.2) is 37.6 Å². The molecular weight excluding hydrogens is 246 g/mol. The van der Waals surface area contributed by atoms with Gasteiger partial charge in [0.25, 0.3) is 0 Å². The van der Waals surface area contributed by atoms with E-state index in [1.807, 2.05) is 12.1 Å². The van der Waals surface area contributed by atoms with Gasteiger partial charge in [0.1, 0.15) is 0 Å². The smallest absolute Gasteiger partial charge is 0.0991 e. The molecule has 0 spiro atoms. The second kappa shape index (κ2) is 7.91. The van der Waals surface area contributed by atoms with Crippen molar-refractivity contribution in [3.05, 3.63) is 29.8 Å². The first-order valence-electron chi connectivity index (χ1n) is 7.81. The van der Waals surface area contributed by atoms with Gasteiger partial charge in [0, 0.05) is 18.8 Å². The molecule has 0 saturated carbocycles. The van der Waals surface area contributed by atoms with E-state index in [4.69, 9.17) is 5.26 Å². The second-order valence-electron chi connectivity index (χ2n) is 5.49. The van der Waals surface area contributed by atoms with Gasteiger partial charge >= 0.3 is 0 Å². The monoisotopic (exact) mass is 271 g/mol. The van der Waals surface area contributed by atoms with Gasteiger partial charge in [-0.25, -0.2) is 0 Å². The lowest BCUT2D eigenvalue weighted by Crippen LogP contribution is -2.33. The summed E-state index contributed by atoms with van der Waals surface area (Å²) < 4.78 is 0. The SMILES string of the molecule is CCN(CCCN1CCCCC1)c1ccc(C#N)cc1. The van der Waals surface area contributed by atoms with Gasteiger partial charge in [-0.3, -0.25) is 0 Å². The van der Waals surface area contributed by atoms with Gasteiger partial charge in [-0.2, -0.15) is 5.26 Å². The maximum absolute atomic E-state index is 8.84. The molecule has 0 unspecified atom stereocenters. The van der Waals surface area contributed by atoms with Crippen LogP contribution in [0.2, 0.25) is 0 Å². The molecule has 0 N–H and O–H groups in total. The summed E-state index contributed by atoms with van der Waals surface area (Å²) >= 11 is 0. The summed E-state index contributed by atoms with van der Waals surface area (Å²) in [6, 6.07) is 10.1. The molecule has 1 aromatic carbocycles. The molecule has 1 aromatic rings. The third-order valence-electron chi connectivity index (χ3n) is 4.09. The number of piperidine rings is 1. The van der Waals surface area contributed by atoms with Crippen molar-refractivity contribution in [2.75, 3.05) is 37.6 Å². The van der Waals surface area contributed by atoms with Crippen LogP contribution in [0.15, 0.2) is 24.3 Å². The van der Waals surface area contributed by atoms with E-state index in [1.54, 1.807) is 0 Å². The van der Waals surface area contributed by atoms with Crippen molar-refractivity contribution in [3.63, 3.8) is 0 Å². The molecule has 0 amide bonds. The molecule has 2 rings (SSSR count). The Hall–Kier alpha value is -1.53. The lowest BCUT2D eigenvalue weighted by Gasteiger charge is -2.28. The largest absolute Gasteiger partial charge is 0.372 e. The number of likely N-dealkylation sites (tertiary alicyclic amines) is 1. The molecule has 0 aromatic heterocycles. The van der Waals surface area contributed by atoms with E-state index >= 15 is 0 Å². The molecule has 3 nitrogen and oxygen atoms in total. The van der Waals surface area contributed by atoms with Crippen LogP contribution in [0.25, 0.3) is 0 Å².